The Labute approximate surface area is 82.2 Å². The van der Waals surface area contributed by atoms with Crippen molar-refractivity contribution in [2.75, 3.05) is 13.7 Å². The molecule has 1 atom stereocenters. The number of carboxylic acid groups (broad SMARTS) is 1. The number of nitrogens with one attached hydrogen (secondary N) is 1. The topological polar surface area (TPSA) is 69.6 Å². The van der Waals surface area contributed by atoms with Crippen LogP contribution in [0.1, 0.15) is 22.0 Å². The Morgan fingerprint density at radius 3 is 2.36 bits per heavy atom. The van der Waals surface area contributed by atoms with Gasteiger partial charge in [-0.1, -0.05) is 12.1 Å². The normalized spacial score (nSPS) is 12.4. The van der Waals surface area contributed by atoms with E-state index in [2.05, 4.69) is 5.32 Å². The Hall–Kier alpha value is -1.39. The monoisotopic (exact) mass is 195 g/mol. The molecule has 14 heavy (non-hydrogen) atoms. The fraction of sp³-hybridized carbons (Fsp3) is 0.300. The van der Waals surface area contributed by atoms with Crippen LogP contribution in [-0.2, 0) is 0 Å². The van der Waals surface area contributed by atoms with Crippen LogP contribution in [0.2, 0.25) is 0 Å². The highest BCUT2D eigenvalue weighted by Gasteiger charge is 2.08. The van der Waals surface area contributed by atoms with Crippen molar-refractivity contribution in [1.82, 2.24) is 5.32 Å². The zero-order chi connectivity index (χ0) is 10.6. The van der Waals surface area contributed by atoms with Crippen molar-refractivity contribution in [3.63, 3.8) is 0 Å². The van der Waals surface area contributed by atoms with Crippen molar-refractivity contribution < 1.29 is 15.0 Å². The molecule has 0 aliphatic rings. The molecule has 0 aromatic heterocycles. The second kappa shape index (κ2) is 4.74. The van der Waals surface area contributed by atoms with E-state index in [-0.39, 0.29) is 18.2 Å². The minimum atomic E-state index is -0.943. The summed E-state index contributed by atoms with van der Waals surface area (Å²) in [7, 11) is 1.74. The molecule has 0 aliphatic heterocycles. The lowest BCUT2D eigenvalue weighted by molar-refractivity contribution is 0.0697. The van der Waals surface area contributed by atoms with Crippen LogP contribution in [0.5, 0.6) is 0 Å². The van der Waals surface area contributed by atoms with Crippen LogP contribution >= 0.6 is 0 Å². The SMILES string of the molecule is CN[C@H](CO)c1ccc(C(=O)O)cc1. The Morgan fingerprint density at radius 1 is 1.43 bits per heavy atom. The molecule has 76 valence electrons. The van der Waals surface area contributed by atoms with Gasteiger partial charge in [-0.2, -0.15) is 0 Å². The van der Waals surface area contributed by atoms with Crippen molar-refractivity contribution in [2.24, 2.45) is 0 Å². The molecule has 0 heterocycles. The largest absolute Gasteiger partial charge is 0.478 e. The van der Waals surface area contributed by atoms with Crippen LogP contribution < -0.4 is 5.32 Å². The number of benzene rings is 1. The van der Waals surface area contributed by atoms with Crippen LogP contribution in [0.3, 0.4) is 0 Å². The molecular weight excluding hydrogens is 182 g/mol. The summed E-state index contributed by atoms with van der Waals surface area (Å²) in [6.45, 7) is -0.0110. The van der Waals surface area contributed by atoms with E-state index in [1.807, 2.05) is 0 Å². The molecule has 0 spiro atoms. The molecule has 1 rings (SSSR count). The second-order valence-electron chi connectivity index (χ2n) is 2.95. The van der Waals surface area contributed by atoms with Gasteiger partial charge in [-0.3, -0.25) is 0 Å². The molecule has 0 bridgehead atoms. The van der Waals surface area contributed by atoms with Crippen molar-refractivity contribution in [2.45, 2.75) is 6.04 Å². The lowest BCUT2D eigenvalue weighted by atomic mass is 10.1. The fourth-order valence-corrected chi connectivity index (χ4v) is 1.22. The zero-order valence-electron chi connectivity index (χ0n) is 7.90. The van der Waals surface area contributed by atoms with Crippen LogP contribution in [0, 0.1) is 0 Å². The molecule has 0 fully saturated rings. The molecular formula is C10H13NO3. The van der Waals surface area contributed by atoms with Crippen LogP contribution in [0.4, 0.5) is 0 Å². The number of aliphatic hydroxyl groups is 1. The van der Waals surface area contributed by atoms with Gasteiger partial charge in [0.2, 0.25) is 0 Å². The molecule has 0 amide bonds. The third-order valence-corrected chi connectivity index (χ3v) is 2.09. The molecule has 4 heteroatoms. The third kappa shape index (κ3) is 2.31. The first-order chi connectivity index (χ1) is 6.69. The summed E-state index contributed by atoms with van der Waals surface area (Å²) >= 11 is 0. The molecule has 1 aromatic rings. The highest BCUT2D eigenvalue weighted by Crippen LogP contribution is 2.12. The zero-order valence-corrected chi connectivity index (χ0v) is 7.90. The Bertz CT molecular complexity index is 304. The average molecular weight is 195 g/mol. The van der Waals surface area contributed by atoms with E-state index in [1.165, 1.54) is 12.1 Å². The van der Waals surface area contributed by atoms with Crippen LogP contribution in [0.25, 0.3) is 0 Å². The molecule has 4 nitrogen and oxygen atoms in total. The van der Waals surface area contributed by atoms with Crippen molar-refractivity contribution in [1.29, 1.82) is 0 Å². The van der Waals surface area contributed by atoms with Gasteiger partial charge in [0.25, 0.3) is 0 Å². The van der Waals surface area contributed by atoms with Crippen molar-refractivity contribution in [3.05, 3.63) is 35.4 Å². The fourth-order valence-electron chi connectivity index (χ4n) is 1.22. The van der Waals surface area contributed by atoms with Crippen LogP contribution in [0.15, 0.2) is 24.3 Å². The molecule has 3 N–H and O–H groups in total. The van der Waals surface area contributed by atoms with Gasteiger partial charge in [0.15, 0.2) is 0 Å². The summed E-state index contributed by atoms with van der Waals surface area (Å²) < 4.78 is 0. The lowest BCUT2D eigenvalue weighted by Gasteiger charge is -2.13. The van der Waals surface area contributed by atoms with Gasteiger partial charge in [-0.05, 0) is 24.7 Å². The van der Waals surface area contributed by atoms with E-state index in [1.54, 1.807) is 19.2 Å². The van der Waals surface area contributed by atoms with Gasteiger partial charge in [0.1, 0.15) is 0 Å². The maximum absolute atomic E-state index is 10.6. The average Bonchev–Trinajstić information content (AvgIpc) is 2.20. The first kappa shape index (κ1) is 10.7. The minimum absolute atomic E-state index is 0.0110. The van der Waals surface area contributed by atoms with E-state index in [0.717, 1.165) is 5.56 Å². The number of hydrogen-bond acceptors (Lipinski definition) is 3. The minimum Gasteiger partial charge on any atom is -0.478 e. The number of aliphatic hydroxyl groups excluding tert-OH is 1. The molecule has 0 unspecified atom stereocenters. The highest BCUT2D eigenvalue weighted by atomic mass is 16.4. The number of aromatic carboxylic acids is 1. The summed E-state index contributed by atoms with van der Waals surface area (Å²) in [5.74, 6) is -0.943. The molecule has 1 aromatic carbocycles. The van der Waals surface area contributed by atoms with Crippen molar-refractivity contribution >= 4 is 5.97 Å². The standard InChI is InChI=1S/C10H13NO3/c1-11-9(6-12)7-2-4-8(5-3-7)10(13)14/h2-5,9,11-12H,6H2,1H3,(H,13,14)/t9-/m1/s1. The van der Waals surface area contributed by atoms with Gasteiger partial charge in [0.05, 0.1) is 18.2 Å². The van der Waals surface area contributed by atoms with Gasteiger partial charge in [-0.25, -0.2) is 4.79 Å². The first-order valence-corrected chi connectivity index (χ1v) is 4.30. The second-order valence-corrected chi connectivity index (χ2v) is 2.95. The van der Waals surface area contributed by atoms with Gasteiger partial charge < -0.3 is 15.5 Å². The Kier molecular flexibility index (Phi) is 3.62. The maximum Gasteiger partial charge on any atom is 0.335 e. The predicted octanol–water partition coefficient (Wildman–Crippen LogP) is 0.638. The first-order valence-electron chi connectivity index (χ1n) is 4.30. The lowest BCUT2D eigenvalue weighted by Crippen LogP contribution is -2.19. The smallest absolute Gasteiger partial charge is 0.335 e. The van der Waals surface area contributed by atoms with Crippen LogP contribution in [-0.4, -0.2) is 29.8 Å². The Morgan fingerprint density at radius 2 is 2.00 bits per heavy atom. The van der Waals surface area contributed by atoms with Gasteiger partial charge >= 0.3 is 5.97 Å². The molecule has 0 radical (unpaired) electrons. The van der Waals surface area contributed by atoms with Gasteiger partial charge in [-0.15, -0.1) is 0 Å². The Balaban J connectivity index is 2.87. The van der Waals surface area contributed by atoms with E-state index >= 15 is 0 Å². The summed E-state index contributed by atoms with van der Waals surface area (Å²) in [5, 5.41) is 20.6. The summed E-state index contributed by atoms with van der Waals surface area (Å²) in [6, 6.07) is 6.30. The maximum atomic E-state index is 10.6. The number of carbonyl (C=O) groups is 1. The third-order valence-electron chi connectivity index (χ3n) is 2.09. The predicted molar refractivity (Wildman–Crippen MR) is 52.3 cm³/mol. The number of hydrogen-bond donors (Lipinski definition) is 3. The van der Waals surface area contributed by atoms with E-state index in [0.29, 0.717) is 0 Å². The number of likely N-dealkylation sites (N-methyl/N-ethyl adjacent to an activating group) is 1. The quantitative estimate of drug-likeness (QED) is 0.659. The summed E-state index contributed by atoms with van der Waals surface area (Å²) in [6.07, 6.45) is 0. The molecule has 0 aliphatic carbocycles. The van der Waals surface area contributed by atoms with E-state index in [4.69, 9.17) is 10.2 Å². The van der Waals surface area contributed by atoms with Gasteiger partial charge in [0, 0.05) is 0 Å². The number of carboxylic acids is 1. The molecule has 0 saturated heterocycles. The van der Waals surface area contributed by atoms with E-state index < -0.39 is 5.97 Å². The summed E-state index contributed by atoms with van der Waals surface area (Å²) in [4.78, 5) is 10.6. The van der Waals surface area contributed by atoms with E-state index in [9.17, 15) is 4.79 Å². The summed E-state index contributed by atoms with van der Waals surface area (Å²) in [5.41, 5.74) is 1.13. The highest BCUT2D eigenvalue weighted by molar-refractivity contribution is 5.87. The number of rotatable bonds is 4. The molecule has 0 saturated carbocycles. The van der Waals surface area contributed by atoms with Crippen molar-refractivity contribution in [3.8, 4) is 0 Å².